The van der Waals surface area contributed by atoms with E-state index in [0.717, 1.165) is 32.4 Å². The molecule has 0 aromatic heterocycles. The van der Waals surface area contributed by atoms with Gasteiger partial charge >= 0.3 is 0 Å². The van der Waals surface area contributed by atoms with Gasteiger partial charge in [0.1, 0.15) is 0 Å². The number of rotatable bonds is 3. The van der Waals surface area contributed by atoms with Crippen LogP contribution in [0.5, 0.6) is 0 Å². The molecule has 2 N–H and O–H groups in total. The molecule has 0 aromatic rings. The van der Waals surface area contributed by atoms with Crippen molar-refractivity contribution in [2.75, 3.05) is 13.1 Å². The first-order chi connectivity index (χ1) is 8.36. The van der Waals surface area contributed by atoms with Crippen molar-refractivity contribution < 1.29 is 4.79 Å². The van der Waals surface area contributed by atoms with Crippen LogP contribution < -0.4 is 10.6 Å². The highest BCUT2D eigenvalue weighted by Gasteiger charge is 2.45. The summed E-state index contributed by atoms with van der Waals surface area (Å²) in [6, 6.07) is 0.392. The minimum atomic E-state index is -0.174. The van der Waals surface area contributed by atoms with Gasteiger partial charge in [-0.1, -0.05) is 27.7 Å². The molecule has 18 heavy (non-hydrogen) atoms. The van der Waals surface area contributed by atoms with Crippen molar-refractivity contribution in [3.63, 3.8) is 0 Å². The van der Waals surface area contributed by atoms with Gasteiger partial charge in [0.15, 0.2) is 0 Å². The highest BCUT2D eigenvalue weighted by atomic mass is 16.2. The quantitative estimate of drug-likeness (QED) is 0.809. The van der Waals surface area contributed by atoms with Gasteiger partial charge < -0.3 is 10.6 Å². The largest absolute Gasteiger partial charge is 0.353 e. The average Bonchev–Trinajstić information content (AvgIpc) is 2.85. The molecule has 2 aliphatic rings. The highest BCUT2D eigenvalue weighted by molar-refractivity contribution is 5.84. The van der Waals surface area contributed by atoms with Crippen molar-refractivity contribution in [1.82, 2.24) is 10.6 Å². The van der Waals surface area contributed by atoms with E-state index < -0.39 is 0 Å². The molecular formula is C15H28N2O. The molecule has 104 valence electrons. The zero-order chi connectivity index (χ0) is 13.4. The Balaban J connectivity index is 1.99. The lowest BCUT2D eigenvalue weighted by atomic mass is 9.75. The Kier molecular flexibility index (Phi) is 3.72. The summed E-state index contributed by atoms with van der Waals surface area (Å²) < 4.78 is 0. The molecule has 0 aromatic carbocycles. The third-order valence-electron chi connectivity index (χ3n) is 5.05. The number of carbonyl (C=O) groups excluding carboxylic acids is 1. The van der Waals surface area contributed by atoms with Crippen molar-refractivity contribution in [2.45, 2.75) is 59.4 Å². The SMILES string of the molecule is CC(C)C1(C(=O)NC2CCC(C)(C)C2)CCNC1. The average molecular weight is 252 g/mol. The van der Waals surface area contributed by atoms with Crippen molar-refractivity contribution in [1.29, 1.82) is 0 Å². The Morgan fingerprint density at radius 2 is 2.06 bits per heavy atom. The summed E-state index contributed by atoms with van der Waals surface area (Å²) in [5.41, 5.74) is 0.226. The van der Waals surface area contributed by atoms with Gasteiger partial charge in [-0.25, -0.2) is 0 Å². The van der Waals surface area contributed by atoms with Crippen LogP contribution in [0.1, 0.15) is 53.4 Å². The molecule has 0 spiro atoms. The second-order valence-electron chi connectivity index (χ2n) is 7.32. The van der Waals surface area contributed by atoms with Crippen LogP contribution in [0, 0.1) is 16.7 Å². The summed E-state index contributed by atoms with van der Waals surface area (Å²) >= 11 is 0. The molecule has 1 saturated heterocycles. The fraction of sp³-hybridized carbons (Fsp3) is 0.933. The molecular weight excluding hydrogens is 224 g/mol. The standard InChI is InChI=1S/C15H28N2O/c1-11(2)15(7-8-16-10-15)13(18)17-12-5-6-14(3,4)9-12/h11-12,16H,5-10H2,1-4H3,(H,17,18). The Bertz CT molecular complexity index is 316. The van der Waals surface area contributed by atoms with Crippen LogP contribution in [-0.4, -0.2) is 25.0 Å². The predicted molar refractivity (Wildman–Crippen MR) is 74.3 cm³/mol. The minimum absolute atomic E-state index is 0.174. The van der Waals surface area contributed by atoms with Gasteiger partial charge in [0, 0.05) is 12.6 Å². The van der Waals surface area contributed by atoms with Crippen molar-refractivity contribution in [3.05, 3.63) is 0 Å². The smallest absolute Gasteiger partial charge is 0.228 e. The second-order valence-corrected chi connectivity index (χ2v) is 7.32. The maximum atomic E-state index is 12.6. The van der Waals surface area contributed by atoms with E-state index in [1.807, 2.05) is 0 Å². The van der Waals surface area contributed by atoms with Gasteiger partial charge in [0.25, 0.3) is 0 Å². The van der Waals surface area contributed by atoms with Crippen LogP contribution >= 0.6 is 0 Å². The molecule has 1 amide bonds. The van der Waals surface area contributed by atoms with Gasteiger partial charge in [-0.05, 0) is 43.6 Å². The van der Waals surface area contributed by atoms with Crippen LogP contribution in [0.4, 0.5) is 0 Å². The van der Waals surface area contributed by atoms with Crippen LogP contribution in [-0.2, 0) is 4.79 Å². The maximum absolute atomic E-state index is 12.6. The molecule has 3 nitrogen and oxygen atoms in total. The fourth-order valence-corrected chi connectivity index (χ4v) is 3.55. The fourth-order valence-electron chi connectivity index (χ4n) is 3.55. The van der Waals surface area contributed by atoms with Crippen molar-refractivity contribution in [2.24, 2.45) is 16.7 Å². The van der Waals surface area contributed by atoms with E-state index in [1.165, 1.54) is 6.42 Å². The van der Waals surface area contributed by atoms with Crippen molar-refractivity contribution >= 4 is 5.91 Å². The molecule has 0 radical (unpaired) electrons. The third-order valence-corrected chi connectivity index (χ3v) is 5.05. The Labute approximate surface area is 111 Å². The molecule has 1 heterocycles. The molecule has 1 aliphatic heterocycles. The summed E-state index contributed by atoms with van der Waals surface area (Å²) in [5.74, 6) is 0.687. The van der Waals surface area contributed by atoms with Gasteiger partial charge in [0.05, 0.1) is 5.41 Å². The number of amides is 1. The van der Waals surface area contributed by atoms with Gasteiger partial charge in [0.2, 0.25) is 5.91 Å². The number of nitrogens with one attached hydrogen (secondary N) is 2. The number of carbonyl (C=O) groups is 1. The van der Waals surface area contributed by atoms with E-state index in [0.29, 0.717) is 17.4 Å². The zero-order valence-corrected chi connectivity index (χ0v) is 12.3. The van der Waals surface area contributed by atoms with Crippen LogP contribution in [0.2, 0.25) is 0 Å². The molecule has 3 heteroatoms. The number of hydrogen-bond donors (Lipinski definition) is 2. The number of hydrogen-bond acceptors (Lipinski definition) is 2. The third kappa shape index (κ3) is 2.56. The lowest BCUT2D eigenvalue weighted by Crippen LogP contribution is -2.49. The van der Waals surface area contributed by atoms with E-state index in [2.05, 4.69) is 38.3 Å². The van der Waals surface area contributed by atoms with E-state index in [-0.39, 0.29) is 11.3 Å². The molecule has 2 rings (SSSR count). The van der Waals surface area contributed by atoms with Crippen LogP contribution in [0.15, 0.2) is 0 Å². The highest BCUT2D eigenvalue weighted by Crippen LogP contribution is 2.39. The monoisotopic (exact) mass is 252 g/mol. The van der Waals surface area contributed by atoms with E-state index in [9.17, 15) is 4.79 Å². The minimum Gasteiger partial charge on any atom is -0.353 e. The molecule has 2 fully saturated rings. The van der Waals surface area contributed by atoms with E-state index in [1.54, 1.807) is 0 Å². The van der Waals surface area contributed by atoms with Gasteiger partial charge in [-0.2, -0.15) is 0 Å². The molecule has 1 saturated carbocycles. The first kappa shape index (κ1) is 13.9. The summed E-state index contributed by atoms with van der Waals surface area (Å²) in [6.07, 6.45) is 4.47. The van der Waals surface area contributed by atoms with E-state index in [4.69, 9.17) is 0 Å². The first-order valence-corrected chi connectivity index (χ1v) is 7.37. The van der Waals surface area contributed by atoms with Gasteiger partial charge in [-0.15, -0.1) is 0 Å². The Morgan fingerprint density at radius 3 is 2.50 bits per heavy atom. The lowest BCUT2D eigenvalue weighted by Gasteiger charge is -2.32. The Morgan fingerprint density at radius 1 is 1.33 bits per heavy atom. The zero-order valence-electron chi connectivity index (χ0n) is 12.3. The summed E-state index contributed by atoms with van der Waals surface area (Å²) in [4.78, 5) is 12.6. The second kappa shape index (κ2) is 4.84. The topological polar surface area (TPSA) is 41.1 Å². The summed E-state index contributed by atoms with van der Waals surface area (Å²) in [5, 5.41) is 6.68. The normalized spacial score (nSPS) is 35.1. The van der Waals surface area contributed by atoms with E-state index >= 15 is 0 Å². The first-order valence-electron chi connectivity index (χ1n) is 7.37. The predicted octanol–water partition coefficient (Wildman–Crippen LogP) is 2.32. The summed E-state index contributed by atoms with van der Waals surface area (Å²) in [6.45, 7) is 10.8. The molecule has 2 atom stereocenters. The summed E-state index contributed by atoms with van der Waals surface area (Å²) in [7, 11) is 0. The maximum Gasteiger partial charge on any atom is 0.228 e. The molecule has 0 bridgehead atoms. The Hall–Kier alpha value is -0.570. The lowest BCUT2D eigenvalue weighted by molar-refractivity contribution is -0.133. The molecule has 1 aliphatic carbocycles. The van der Waals surface area contributed by atoms with Crippen molar-refractivity contribution in [3.8, 4) is 0 Å². The van der Waals surface area contributed by atoms with Gasteiger partial charge in [-0.3, -0.25) is 4.79 Å². The van der Waals surface area contributed by atoms with Crippen LogP contribution in [0.3, 0.4) is 0 Å². The molecule has 2 unspecified atom stereocenters. The van der Waals surface area contributed by atoms with Crippen LogP contribution in [0.25, 0.3) is 0 Å².